The van der Waals surface area contributed by atoms with Crippen LogP contribution in [0.25, 0.3) is 0 Å². The Morgan fingerprint density at radius 1 is 0.974 bits per heavy atom. The molecule has 202 valence electrons. The van der Waals surface area contributed by atoms with Gasteiger partial charge < -0.3 is 14.8 Å². The smallest absolute Gasteiger partial charge is 0.333 e. The molecule has 2 aliphatic rings. The molecule has 0 spiro atoms. The molecule has 1 aliphatic heterocycles. The van der Waals surface area contributed by atoms with Crippen molar-refractivity contribution in [1.82, 2.24) is 9.13 Å². The molecule has 0 unspecified atom stereocenters. The predicted octanol–water partition coefficient (Wildman–Crippen LogP) is 3.44. The van der Waals surface area contributed by atoms with Gasteiger partial charge in [0.15, 0.2) is 5.78 Å². The predicted molar refractivity (Wildman–Crippen MR) is 146 cm³/mol. The van der Waals surface area contributed by atoms with Crippen molar-refractivity contribution in [3.05, 3.63) is 103 Å². The van der Waals surface area contributed by atoms with Crippen LogP contribution < -0.4 is 21.3 Å². The van der Waals surface area contributed by atoms with Crippen molar-refractivity contribution < 1.29 is 19.1 Å². The van der Waals surface area contributed by atoms with Crippen LogP contribution in [0, 0.1) is 5.41 Å². The van der Waals surface area contributed by atoms with Crippen LogP contribution in [0.4, 0.5) is 5.82 Å². The lowest BCUT2D eigenvalue weighted by atomic mass is 9.69. The number of carbonyl (C=O) groups is 2. The number of benzene rings is 2. The van der Waals surface area contributed by atoms with Gasteiger partial charge in [0.25, 0.3) is 5.56 Å². The van der Waals surface area contributed by atoms with Gasteiger partial charge in [-0.2, -0.15) is 0 Å². The SMILES string of the molecule is COC(=O)Cn1c(=O)c2c(n(Cc3ccccc3)c1=O)NC1=C(C(=O)CC(C)(C)C1)[C@H]2c1ccc(OC)cc1. The minimum Gasteiger partial charge on any atom is -0.497 e. The minimum atomic E-state index is -0.732. The Hall–Kier alpha value is -4.40. The van der Waals surface area contributed by atoms with Crippen molar-refractivity contribution in [2.24, 2.45) is 5.41 Å². The Morgan fingerprint density at radius 3 is 2.31 bits per heavy atom. The highest BCUT2D eigenvalue weighted by atomic mass is 16.5. The van der Waals surface area contributed by atoms with Crippen LogP contribution in [-0.4, -0.2) is 35.1 Å². The molecule has 2 aromatic carbocycles. The molecular formula is C30H31N3O6. The summed E-state index contributed by atoms with van der Waals surface area (Å²) in [6.07, 6.45) is 0.903. The lowest BCUT2D eigenvalue weighted by molar-refractivity contribution is -0.141. The Bertz CT molecular complexity index is 1600. The van der Waals surface area contributed by atoms with Gasteiger partial charge in [-0.15, -0.1) is 0 Å². The second kappa shape index (κ2) is 10.1. The number of esters is 1. The Kier molecular flexibility index (Phi) is 6.76. The lowest BCUT2D eigenvalue weighted by Crippen LogP contribution is -2.47. The average Bonchev–Trinajstić information content (AvgIpc) is 2.92. The van der Waals surface area contributed by atoms with Crippen molar-refractivity contribution in [3.63, 3.8) is 0 Å². The number of hydrogen-bond donors (Lipinski definition) is 1. The first-order valence-corrected chi connectivity index (χ1v) is 12.8. The van der Waals surface area contributed by atoms with Gasteiger partial charge in [-0.25, -0.2) is 9.36 Å². The number of nitrogens with zero attached hydrogens (tertiary/aromatic N) is 2. The minimum absolute atomic E-state index is 0.0556. The molecule has 5 rings (SSSR count). The Balaban J connectivity index is 1.82. The molecule has 0 fully saturated rings. The molecule has 39 heavy (non-hydrogen) atoms. The van der Waals surface area contributed by atoms with Crippen molar-refractivity contribution in [2.45, 2.75) is 45.7 Å². The number of anilines is 1. The highest BCUT2D eigenvalue weighted by Gasteiger charge is 2.43. The number of rotatable bonds is 6. The van der Waals surface area contributed by atoms with E-state index < -0.39 is 29.7 Å². The maximum absolute atomic E-state index is 14.0. The van der Waals surface area contributed by atoms with E-state index in [9.17, 15) is 19.2 Å². The van der Waals surface area contributed by atoms with Crippen molar-refractivity contribution in [2.75, 3.05) is 19.5 Å². The molecule has 1 atom stereocenters. The monoisotopic (exact) mass is 529 g/mol. The number of ether oxygens (including phenoxy) is 2. The van der Waals surface area contributed by atoms with Crippen molar-refractivity contribution in [1.29, 1.82) is 0 Å². The van der Waals surface area contributed by atoms with Crippen LogP contribution in [0.2, 0.25) is 0 Å². The first-order valence-electron chi connectivity index (χ1n) is 12.8. The largest absolute Gasteiger partial charge is 0.497 e. The van der Waals surface area contributed by atoms with Gasteiger partial charge >= 0.3 is 11.7 Å². The molecule has 2 heterocycles. The van der Waals surface area contributed by atoms with E-state index in [1.807, 2.05) is 56.3 Å². The fourth-order valence-corrected chi connectivity index (χ4v) is 5.56. The standard InChI is InChI=1S/C30H31N3O6/c1-30(2)14-21-25(22(34)15-30)24(19-10-12-20(38-3)13-11-19)26-27(31-21)32(16-18-8-6-5-7-9-18)29(37)33(28(26)36)17-23(35)39-4/h5-13,24,31H,14-17H2,1-4H3/t24-/m1/s1. The molecule has 1 N–H and O–H groups in total. The topological polar surface area (TPSA) is 109 Å². The van der Waals surface area contributed by atoms with Gasteiger partial charge in [0.05, 0.1) is 26.3 Å². The average molecular weight is 530 g/mol. The lowest BCUT2D eigenvalue weighted by Gasteiger charge is -2.39. The molecule has 0 bridgehead atoms. The number of carbonyl (C=O) groups excluding carboxylic acids is 2. The highest BCUT2D eigenvalue weighted by molar-refractivity contribution is 6.01. The van der Waals surface area contributed by atoms with Gasteiger partial charge in [-0.3, -0.25) is 19.0 Å². The summed E-state index contributed by atoms with van der Waals surface area (Å²) in [7, 11) is 2.77. The Labute approximate surface area is 225 Å². The summed E-state index contributed by atoms with van der Waals surface area (Å²) in [6, 6.07) is 16.6. The van der Waals surface area contributed by atoms with E-state index >= 15 is 0 Å². The quantitative estimate of drug-likeness (QED) is 0.488. The number of nitrogens with one attached hydrogen (secondary N) is 1. The number of methoxy groups -OCH3 is 2. The van der Waals surface area contributed by atoms with E-state index in [4.69, 9.17) is 9.47 Å². The summed E-state index contributed by atoms with van der Waals surface area (Å²) >= 11 is 0. The first kappa shape index (κ1) is 26.2. The third-order valence-electron chi connectivity index (χ3n) is 7.38. The van der Waals surface area contributed by atoms with Crippen LogP contribution in [0.3, 0.4) is 0 Å². The van der Waals surface area contributed by atoms with E-state index in [0.29, 0.717) is 41.2 Å². The van der Waals surface area contributed by atoms with Gasteiger partial charge in [0.2, 0.25) is 0 Å². The van der Waals surface area contributed by atoms with E-state index in [-0.39, 0.29) is 23.3 Å². The zero-order valence-corrected chi connectivity index (χ0v) is 22.4. The normalized spacial score (nSPS) is 17.6. The second-order valence-electron chi connectivity index (χ2n) is 10.7. The van der Waals surface area contributed by atoms with E-state index in [0.717, 1.165) is 10.1 Å². The molecule has 3 aromatic rings. The number of allylic oxidation sites excluding steroid dienone is 2. The summed E-state index contributed by atoms with van der Waals surface area (Å²) in [5.74, 6) is -0.541. The number of Topliss-reactive ketones (excluding diaryl/α,β-unsaturated/α-hetero) is 1. The third kappa shape index (κ3) is 4.80. The van der Waals surface area contributed by atoms with Crippen LogP contribution in [0.5, 0.6) is 5.75 Å². The summed E-state index contributed by atoms with van der Waals surface area (Å²) in [4.78, 5) is 53.7. The van der Waals surface area contributed by atoms with Crippen LogP contribution >= 0.6 is 0 Å². The molecule has 0 saturated heterocycles. The number of fused-ring (bicyclic) bond motifs is 1. The third-order valence-corrected chi connectivity index (χ3v) is 7.38. The summed E-state index contributed by atoms with van der Waals surface area (Å²) in [5, 5.41) is 3.34. The first-order chi connectivity index (χ1) is 18.6. The van der Waals surface area contributed by atoms with Gasteiger partial charge in [0, 0.05) is 23.6 Å². The summed E-state index contributed by atoms with van der Waals surface area (Å²) < 4.78 is 12.5. The van der Waals surface area contributed by atoms with Gasteiger partial charge in [-0.1, -0.05) is 56.3 Å². The van der Waals surface area contributed by atoms with Gasteiger partial charge in [-0.05, 0) is 35.1 Å². The van der Waals surface area contributed by atoms with Crippen LogP contribution in [0.1, 0.15) is 49.3 Å². The van der Waals surface area contributed by atoms with E-state index in [1.165, 1.54) is 11.7 Å². The van der Waals surface area contributed by atoms with E-state index in [1.54, 1.807) is 19.2 Å². The van der Waals surface area contributed by atoms with Crippen molar-refractivity contribution >= 4 is 17.6 Å². The molecule has 9 nitrogen and oxygen atoms in total. The Morgan fingerprint density at radius 2 is 1.67 bits per heavy atom. The second-order valence-corrected chi connectivity index (χ2v) is 10.7. The van der Waals surface area contributed by atoms with Crippen molar-refractivity contribution in [3.8, 4) is 5.75 Å². The van der Waals surface area contributed by atoms with Crippen LogP contribution in [0.15, 0.2) is 75.5 Å². The maximum atomic E-state index is 14.0. The summed E-state index contributed by atoms with van der Waals surface area (Å²) in [6.45, 7) is 3.67. The molecular weight excluding hydrogens is 498 g/mol. The highest BCUT2D eigenvalue weighted by Crippen LogP contribution is 2.48. The number of ketones is 1. The fraction of sp³-hybridized carbons (Fsp3) is 0.333. The maximum Gasteiger partial charge on any atom is 0.333 e. The van der Waals surface area contributed by atoms with E-state index in [2.05, 4.69) is 5.32 Å². The zero-order chi connectivity index (χ0) is 27.9. The van der Waals surface area contributed by atoms with Crippen LogP contribution in [-0.2, 0) is 27.4 Å². The molecule has 9 heteroatoms. The fourth-order valence-electron chi connectivity index (χ4n) is 5.56. The summed E-state index contributed by atoms with van der Waals surface area (Å²) in [5.41, 5.74) is 1.44. The number of hydrogen-bond acceptors (Lipinski definition) is 7. The molecule has 1 aromatic heterocycles. The molecule has 0 saturated carbocycles. The van der Waals surface area contributed by atoms with Gasteiger partial charge in [0.1, 0.15) is 18.1 Å². The zero-order valence-electron chi connectivity index (χ0n) is 22.4. The molecule has 0 radical (unpaired) electrons. The number of aromatic nitrogens is 2. The molecule has 1 aliphatic carbocycles. The molecule has 0 amide bonds.